The van der Waals surface area contributed by atoms with Crippen molar-refractivity contribution >= 4 is 22.7 Å². The lowest BCUT2D eigenvalue weighted by molar-refractivity contribution is -0.121. The molecule has 0 fully saturated rings. The maximum Gasteiger partial charge on any atom is 0.220 e. The number of nitrogens with one attached hydrogen (secondary N) is 1. The van der Waals surface area contributed by atoms with Crippen LogP contribution in [0.5, 0.6) is 0 Å². The smallest absolute Gasteiger partial charge is 0.220 e. The first-order chi connectivity index (χ1) is 9.54. The highest BCUT2D eigenvalue weighted by Gasteiger charge is 2.18. The number of carbonyl (C=O) groups excluding carboxylic acids is 2. The van der Waals surface area contributed by atoms with E-state index in [2.05, 4.69) is 10.3 Å². The minimum absolute atomic E-state index is 0.0286. The number of para-hydroxylation sites is 2. The van der Waals surface area contributed by atoms with Crippen molar-refractivity contribution in [2.24, 2.45) is 0 Å². The van der Waals surface area contributed by atoms with E-state index in [9.17, 15) is 9.59 Å². The molecular formula is C15H19N3O2. The summed E-state index contributed by atoms with van der Waals surface area (Å²) in [5.74, 6) is 0.742. The number of benzene rings is 1. The Morgan fingerprint density at radius 1 is 1.35 bits per heavy atom. The number of amides is 1. The molecule has 1 unspecified atom stereocenters. The fourth-order valence-electron chi connectivity index (χ4n) is 2.14. The van der Waals surface area contributed by atoms with Gasteiger partial charge >= 0.3 is 0 Å². The van der Waals surface area contributed by atoms with E-state index in [-0.39, 0.29) is 17.7 Å². The first-order valence-electron chi connectivity index (χ1n) is 6.77. The number of rotatable bonds is 5. The molecule has 0 saturated carbocycles. The number of fused-ring (bicyclic) bond motifs is 1. The Morgan fingerprint density at radius 2 is 2.05 bits per heavy atom. The molecule has 20 heavy (non-hydrogen) atoms. The quantitative estimate of drug-likeness (QED) is 0.908. The number of Topliss-reactive ketones (excluding diaryl/α,β-unsaturated/α-hetero) is 1. The Kier molecular flexibility index (Phi) is 4.17. The zero-order valence-electron chi connectivity index (χ0n) is 12.0. The van der Waals surface area contributed by atoms with Gasteiger partial charge in [0.1, 0.15) is 5.82 Å². The zero-order valence-corrected chi connectivity index (χ0v) is 12.0. The third-order valence-electron chi connectivity index (χ3n) is 3.41. The van der Waals surface area contributed by atoms with Crippen LogP contribution in [0.3, 0.4) is 0 Å². The Bertz CT molecular complexity index is 646. The van der Waals surface area contributed by atoms with Gasteiger partial charge in [0.05, 0.1) is 23.6 Å². The van der Waals surface area contributed by atoms with Gasteiger partial charge < -0.3 is 9.88 Å². The van der Waals surface area contributed by atoms with Crippen molar-refractivity contribution in [3.63, 3.8) is 0 Å². The summed E-state index contributed by atoms with van der Waals surface area (Å²) >= 11 is 0. The van der Waals surface area contributed by atoms with Gasteiger partial charge in [0.2, 0.25) is 5.91 Å². The number of nitrogens with zero attached hydrogens (tertiary/aromatic N) is 2. The normalized spacial score (nSPS) is 12.3. The molecule has 0 saturated heterocycles. The molecule has 0 aliphatic heterocycles. The van der Waals surface area contributed by atoms with Crippen molar-refractivity contribution in [3.05, 3.63) is 30.1 Å². The maximum absolute atomic E-state index is 11.7. The monoisotopic (exact) mass is 273 g/mol. The van der Waals surface area contributed by atoms with Crippen LogP contribution in [0.1, 0.15) is 39.1 Å². The van der Waals surface area contributed by atoms with Gasteiger partial charge in [-0.3, -0.25) is 9.59 Å². The molecule has 0 bridgehead atoms. The number of imidazole rings is 1. The third-order valence-corrected chi connectivity index (χ3v) is 3.41. The van der Waals surface area contributed by atoms with Crippen LogP contribution in [0.2, 0.25) is 0 Å². The van der Waals surface area contributed by atoms with Crippen LogP contribution in [-0.4, -0.2) is 21.2 Å². The Hall–Kier alpha value is -2.17. The van der Waals surface area contributed by atoms with Gasteiger partial charge in [-0.25, -0.2) is 4.98 Å². The molecule has 5 heteroatoms. The van der Waals surface area contributed by atoms with E-state index in [4.69, 9.17) is 0 Å². The van der Waals surface area contributed by atoms with Gasteiger partial charge in [-0.1, -0.05) is 19.1 Å². The van der Waals surface area contributed by atoms with Crippen molar-refractivity contribution in [2.45, 2.75) is 39.8 Å². The van der Waals surface area contributed by atoms with Crippen molar-refractivity contribution in [1.29, 1.82) is 0 Å². The second-order valence-electron chi connectivity index (χ2n) is 4.80. The van der Waals surface area contributed by atoms with E-state index in [0.717, 1.165) is 11.0 Å². The summed E-state index contributed by atoms with van der Waals surface area (Å²) in [5.41, 5.74) is 1.75. The molecule has 0 aliphatic carbocycles. The van der Waals surface area contributed by atoms with Crippen LogP contribution < -0.4 is 5.32 Å². The summed E-state index contributed by atoms with van der Waals surface area (Å²) in [5, 5.41) is 2.81. The minimum Gasteiger partial charge on any atom is -0.349 e. The highest BCUT2D eigenvalue weighted by molar-refractivity contribution is 5.84. The predicted octanol–water partition coefficient (Wildman–Crippen LogP) is 2.21. The zero-order chi connectivity index (χ0) is 14.7. The van der Waals surface area contributed by atoms with Crippen LogP contribution >= 0.6 is 0 Å². The van der Waals surface area contributed by atoms with Crippen molar-refractivity contribution in [1.82, 2.24) is 14.9 Å². The molecule has 1 aromatic heterocycles. The predicted molar refractivity (Wildman–Crippen MR) is 77.3 cm³/mol. The summed E-state index contributed by atoms with van der Waals surface area (Å²) in [6, 6.07) is 7.38. The lowest BCUT2D eigenvalue weighted by Gasteiger charge is -2.15. The molecule has 0 radical (unpaired) electrons. The Labute approximate surface area is 118 Å². The van der Waals surface area contributed by atoms with E-state index in [1.54, 1.807) is 13.8 Å². The number of carbonyl (C=O) groups is 2. The number of hydrogen-bond acceptors (Lipinski definition) is 3. The topological polar surface area (TPSA) is 64.0 Å². The molecule has 2 rings (SSSR count). The molecule has 1 aromatic carbocycles. The van der Waals surface area contributed by atoms with Crippen LogP contribution in [0.4, 0.5) is 0 Å². The molecule has 1 atom stereocenters. The number of aromatic nitrogens is 2. The first-order valence-corrected chi connectivity index (χ1v) is 6.77. The summed E-state index contributed by atoms with van der Waals surface area (Å²) in [7, 11) is 0. The van der Waals surface area contributed by atoms with Crippen molar-refractivity contribution in [3.8, 4) is 0 Å². The largest absolute Gasteiger partial charge is 0.349 e. The summed E-state index contributed by atoms with van der Waals surface area (Å²) in [6.45, 7) is 5.55. The Balaban J connectivity index is 2.44. The molecule has 0 spiro atoms. The fourth-order valence-corrected chi connectivity index (χ4v) is 2.14. The second-order valence-corrected chi connectivity index (χ2v) is 4.80. The van der Waals surface area contributed by atoms with E-state index >= 15 is 0 Å². The van der Waals surface area contributed by atoms with E-state index in [0.29, 0.717) is 18.8 Å². The lowest BCUT2D eigenvalue weighted by atomic mass is 10.2. The molecule has 2 aromatic rings. The summed E-state index contributed by atoms with van der Waals surface area (Å²) in [6.07, 6.45) is 0.433. The van der Waals surface area contributed by atoms with E-state index < -0.39 is 0 Å². The van der Waals surface area contributed by atoms with Crippen LogP contribution in [0.25, 0.3) is 11.0 Å². The Morgan fingerprint density at radius 3 is 2.70 bits per heavy atom. The summed E-state index contributed by atoms with van der Waals surface area (Å²) in [4.78, 5) is 27.6. The van der Waals surface area contributed by atoms with Crippen LogP contribution in [0, 0.1) is 0 Å². The first kappa shape index (κ1) is 14.2. The molecule has 1 heterocycles. The molecule has 1 amide bonds. The summed E-state index contributed by atoms with van der Waals surface area (Å²) < 4.78 is 1.90. The van der Waals surface area contributed by atoms with E-state index in [1.165, 1.54) is 0 Å². The third kappa shape index (κ3) is 2.71. The number of ketones is 1. The highest BCUT2D eigenvalue weighted by atomic mass is 16.1. The van der Waals surface area contributed by atoms with Gasteiger partial charge in [-0.2, -0.15) is 0 Å². The average Bonchev–Trinajstić information content (AvgIpc) is 2.81. The van der Waals surface area contributed by atoms with Crippen LogP contribution in [0.15, 0.2) is 24.3 Å². The SMILES string of the molecule is CCC(=O)NCc1nc2ccccc2n1C(C)C(C)=O. The van der Waals surface area contributed by atoms with Gasteiger partial charge in [-0.05, 0) is 26.0 Å². The second kappa shape index (κ2) is 5.86. The van der Waals surface area contributed by atoms with E-state index in [1.807, 2.05) is 35.8 Å². The van der Waals surface area contributed by atoms with Crippen molar-refractivity contribution < 1.29 is 9.59 Å². The molecule has 5 nitrogen and oxygen atoms in total. The van der Waals surface area contributed by atoms with Gasteiger partial charge in [0, 0.05) is 6.42 Å². The van der Waals surface area contributed by atoms with Gasteiger partial charge in [0.15, 0.2) is 5.78 Å². The number of hydrogen-bond donors (Lipinski definition) is 1. The van der Waals surface area contributed by atoms with Gasteiger partial charge in [-0.15, -0.1) is 0 Å². The highest BCUT2D eigenvalue weighted by Crippen LogP contribution is 2.21. The maximum atomic E-state index is 11.7. The standard InChI is InChI=1S/C15H19N3O2/c1-4-15(20)16-9-14-17-12-7-5-6-8-13(12)18(14)10(2)11(3)19/h5-8,10H,4,9H2,1-3H3,(H,16,20). The lowest BCUT2D eigenvalue weighted by Crippen LogP contribution is -2.25. The van der Waals surface area contributed by atoms with Crippen LogP contribution in [-0.2, 0) is 16.1 Å². The minimum atomic E-state index is -0.295. The van der Waals surface area contributed by atoms with Crippen molar-refractivity contribution in [2.75, 3.05) is 0 Å². The fraction of sp³-hybridized carbons (Fsp3) is 0.400. The molecular weight excluding hydrogens is 254 g/mol. The average molecular weight is 273 g/mol. The molecule has 0 aliphatic rings. The van der Waals surface area contributed by atoms with Gasteiger partial charge in [0.25, 0.3) is 0 Å². The molecule has 1 N–H and O–H groups in total. The molecule has 106 valence electrons.